The molecule has 1 saturated heterocycles. The second kappa shape index (κ2) is 7.37. The van der Waals surface area contributed by atoms with Crippen molar-refractivity contribution in [2.24, 2.45) is 0 Å². The number of carbonyl (C=O) groups excluding carboxylic acids is 1. The molecule has 1 atom stereocenters. The minimum atomic E-state index is -3.49. The minimum absolute atomic E-state index is 0.0288. The van der Waals surface area contributed by atoms with E-state index < -0.39 is 10.0 Å². The van der Waals surface area contributed by atoms with Crippen molar-refractivity contribution in [2.45, 2.75) is 24.3 Å². The standard InChI is InChI=1S/C17H22N4O3S/c1-15(20-8-7-18-14-20)13-17(22)19-9-11-21(12-10-19)25(23,24)16-5-3-2-4-6-16/h2-8,14-15H,9-13H2,1H3/t15-/m1/s1. The predicted molar refractivity (Wildman–Crippen MR) is 93.3 cm³/mol. The largest absolute Gasteiger partial charge is 0.340 e. The number of sulfonamides is 1. The van der Waals surface area contributed by atoms with E-state index in [1.807, 2.05) is 17.7 Å². The number of piperazine rings is 1. The van der Waals surface area contributed by atoms with Crippen LogP contribution in [0.4, 0.5) is 0 Å². The lowest BCUT2D eigenvalue weighted by atomic mass is 10.2. The predicted octanol–water partition coefficient (Wildman–Crippen LogP) is 1.37. The molecule has 0 radical (unpaired) electrons. The number of imidazole rings is 1. The molecule has 1 amide bonds. The molecule has 0 bridgehead atoms. The number of amides is 1. The third-order valence-corrected chi connectivity index (χ3v) is 6.39. The van der Waals surface area contributed by atoms with Crippen LogP contribution in [0.3, 0.4) is 0 Å². The van der Waals surface area contributed by atoms with Gasteiger partial charge in [-0.25, -0.2) is 13.4 Å². The molecule has 0 N–H and O–H groups in total. The number of rotatable bonds is 5. The zero-order valence-corrected chi connectivity index (χ0v) is 15.0. The minimum Gasteiger partial charge on any atom is -0.340 e. The third-order valence-electron chi connectivity index (χ3n) is 4.48. The van der Waals surface area contributed by atoms with E-state index in [0.717, 1.165) is 0 Å². The summed E-state index contributed by atoms with van der Waals surface area (Å²) in [5.74, 6) is 0.0398. The highest BCUT2D eigenvalue weighted by Crippen LogP contribution is 2.18. The van der Waals surface area contributed by atoms with Gasteiger partial charge in [0.05, 0.1) is 11.2 Å². The Morgan fingerprint density at radius 1 is 1.16 bits per heavy atom. The smallest absolute Gasteiger partial charge is 0.243 e. The summed E-state index contributed by atoms with van der Waals surface area (Å²) in [4.78, 5) is 18.5. The first-order valence-electron chi connectivity index (χ1n) is 8.29. The van der Waals surface area contributed by atoms with Crippen LogP contribution in [0.2, 0.25) is 0 Å². The Morgan fingerprint density at radius 2 is 1.84 bits per heavy atom. The average Bonchev–Trinajstić information content (AvgIpc) is 3.17. The summed E-state index contributed by atoms with van der Waals surface area (Å²) in [6, 6.07) is 8.44. The van der Waals surface area contributed by atoms with Gasteiger partial charge < -0.3 is 9.47 Å². The van der Waals surface area contributed by atoms with Gasteiger partial charge in [-0.1, -0.05) is 18.2 Å². The summed E-state index contributed by atoms with van der Waals surface area (Å²) in [6.45, 7) is 3.45. The molecule has 25 heavy (non-hydrogen) atoms. The van der Waals surface area contributed by atoms with Gasteiger partial charge in [0.2, 0.25) is 15.9 Å². The zero-order chi connectivity index (χ0) is 17.9. The Kier molecular flexibility index (Phi) is 5.19. The second-order valence-electron chi connectivity index (χ2n) is 6.16. The molecule has 1 aromatic carbocycles. The molecule has 0 aliphatic carbocycles. The highest BCUT2D eigenvalue weighted by atomic mass is 32.2. The maximum Gasteiger partial charge on any atom is 0.243 e. The molecule has 8 heteroatoms. The van der Waals surface area contributed by atoms with E-state index in [-0.39, 0.29) is 11.9 Å². The molecule has 0 unspecified atom stereocenters. The van der Waals surface area contributed by atoms with Gasteiger partial charge in [-0.3, -0.25) is 4.79 Å². The van der Waals surface area contributed by atoms with Gasteiger partial charge in [0, 0.05) is 51.0 Å². The molecule has 0 saturated carbocycles. The van der Waals surface area contributed by atoms with Crippen LogP contribution in [-0.4, -0.2) is 59.3 Å². The molecule has 1 aliphatic rings. The molecular formula is C17H22N4O3S. The lowest BCUT2D eigenvalue weighted by molar-refractivity contribution is -0.133. The van der Waals surface area contributed by atoms with Crippen LogP contribution in [0.5, 0.6) is 0 Å². The first-order chi connectivity index (χ1) is 12.0. The zero-order valence-electron chi connectivity index (χ0n) is 14.2. The fourth-order valence-electron chi connectivity index (χ4n) is 2.94. The third kappa shape index (κ3) is 3.91. The Labute approximate surface area is 147 Å². The maximum absolute atomic E-state index is 12.6. The molecule has 2 heterocycles. The lowest BCUT2D eigenvalue weighted by Crippen LogP contribution is -2.50. The van der Waals surface area contributed by atoms with Crippen LogP contribution in [0, 0.1) is 0 Å². The topological polar surface area (TPSA) is 75.5 Å². The van der Waals surface area contributed by atoms with Crippen molar-refractivity contribution in [3.63, 3.8) is 0 Å². The van der Waals surface area contributed by atoms with Crippen molar-refractivity contribution < 1.29 is 13.2 Å². The molecule has 7 nitrogen and oxygen atoms in total. The van der Waals surface area contributed by atoms with Crippen LogP contribution < -0.4 is 0 Å². The van der Waals surface area contributed by atoms with Crippen molar-refractivity contribution in [1.82, 2.24) is 18.8 Å². The van der Waals surface area contributed by atoms with Crippen LogP contribution in [-0.2, 0) is 14.8 Å². The van der Waals surface area contributed by atoms with Gasteiger partial charge in [0.15, 0.2) is 0 Å². The molecule has 1 aliphatic heterocycles. The summed E-state index contributed by atoms with van der Waals surface area (Å²) < 4.78 is 28.6. The normalized spacial score (nSPS) is 17.4. The number of carbonyl (C=O) groups is 1. The molecule has 2 aromatic rings. The Morgan fingerprint density at radius 3 is 2.44 bits per heavy atom. The summed E-state index contributed by atoms with van der Waals surface area (Å²) >= 11 is 0. The molecule has 1 aromatic heterocycles. The molecule has 0 spiro atoms. The second-order valence-corrected chi connectivity index (χ2v) is 8.10. The molecule has 3 rings (SSSR count). The number of hydrogen-bond donors (Lipinski definition) is 0. The van der Waals surface area contributed by atoms with E-state index in [1.54, 1.807) is 47.8 Å². The van der Waals surface area contributed by atoms with E-state index in [9.17, 15) is 13.2 Å². The monoisotopic (exact) mass is 362 g/mol. The van der Waals surface area contributed by atoms with Gasteiger partial charge in [-0.2, -0.15) is 4.31 Å². The van der Waals surface area contributed by atoms with Crippen molar-refractivity contribution in [2.75, 3.05) is 26.2 Å². The summed E-state index contributed by atoms with van der Waals surface area (Å²) in [7, 11) is -3.49. The van der Waals surface area contributed by atoms with Gasteiger partial charge in [-0.05, 0) is 19.1 Å². The maximum atomic E-state index is 12.6. The Hall–Kier alpha value is -2.19. The fourth-order valence-corrected chi connectivity index (χ4v) is 4.38. The number of hydrogen-bond acceptors (Lipinski definition) is 4. The van der Waals surface area contributed by atoms with Gasteiger partial charge in [-0.15, -0.1) is 0 Å². The van der Waals surface area contributed by atoms with Gasteiger partial charge >= 0.3 is 0 Å². The van der Waals surface area contributed by atoms with Gasteiger partial charge in [0.25, 0.3) is 0 Å². The van der Waals surface area contributed by atoms with Crippen molar-refractivity contribution in [3.05, 3.63) is 49.1 Å². The molecule has 134 valence electrons. The van der Waals surface area contributed by atoms with Crippen molar-refractivity contribution in [1.29, 1.82) is 0 Å². The summed E-state index contributed by atoms with van der Waals surface area (Å²) in [6.07, 6.45) is 5.60. The highest BCUT2D eigenvalue weighted by Gasteiger charge is 2.30. The van der Waals surface area contributed by atoms with E-state index in [4.69, 9.17) is 0 Å². The lowest BCUT2D eigenvalue weighted by Gasteiger charge is -2.34. The fraction of sp³-hybridized carbons (Fsp3) is 0.412. The SMILES string of the molecule is C[C@H](CC(=O)N1CCN(S(=O)(=O)c2ccccc2)CC1)n1ccnc1. The first-order valence-corrected chi connectivity index (χ1v) is 9.73. The van der Waals surface area contributed by atoms with E-state index in [2.05, 4.69) is 4.98 Å². The number of nitrogens with zero attached hydrogens (tertiary/aromatic N) is 4. The highest BCUT2D eigenvalue weighted by molar-refractivity contribution is 7.89. The van der Waals surface area contributed by atoms with Crippen molar-refractivity contribution in [3.8, 4) is 0 Å². The first kappa shape index (κ1) is 17.6. The van der Waals surface area contributed by atoms with Crippen LogP contribution in [0.25, 0.3) is 0 Å². The summed E-state index contributed by atoms with van der Waals surface area (Å²) in [5.41, 5.74) is 0. The van der Waals surface area contributed by atoms with Gasteiger partial charge in [0.1, 0.15) is 0 Å². The van der Waals surface area contributed by atoms with Crippen LogP contribution in [0.1, 0.15) is 19.4 Å². The molecular weight excluding hydrogens is 340 g/mol. The Balaban J connectivity index is 1.57. The number of aromatic nitrogens is 2. The quantitative estimate of drug-likeness (QED) is 0.805. The Bertz CT molecular complexity index is 798. The number of benzene rings is 1. The average molecular weight is 362 g/mol. The van der Waals surface area contributed by atoms with Crippen LogP contribution in [0.15, 0.2) is 53.9 Å². The summed E-state index contributed by atoms with van der Waals surface area (Å²) in [5, 5.41) is 0. The van der Waals surface area contributed by atoms with E-state index >= 15 is 0 Å². The van der Waals surface area contributed by atoms with Crippen molar-refractivity contribution >= 4 is 15.9 Å². The van der Waals surface area contributed by atoms with E-state index in [1.165, 1.54) is 4.31 Å². The van der Waals surface area contributed by atoms with Crippen LogP contribution >= 0.6 is 0 Å². The molecule has 1 fully saturated rings. The van der Waals surface area contributed by atoms with E-state index in [0.29, 0.717) is 37.5 Å².